The number of carbonyl (C=O) groups excluding carboxylic acids is 1. The van der Waals surface area contributed by atoms with Crippen molar-refractivity contribution in [3.8, 4) is 11.8 Å². The molecule has 1 aromatic rings. The summed E-state index contributed by atoms with van der Waals surface area (Å²) in [6, 6.07) is 8.89. The minimum absolute atomic E-state index is 0.123. The van der Waals surface area contributed by atoms with Crippen LogP contribution in [0.2, 0.25) is 0 Å². The predicted molar refractivity (Wildman–Crippen MR) is 61.1 cm³/mol. The van der Waals surface area contributed by atoms with E-state index in [1.165, 1.54) is 0 Å². The Balaban J connectivity index is 2.39. The molecule has 0 heterocycles. The van der Waals surface area contributed by atoms with Crippen LogP contribution in [0.5, 0.6) is 5.75 Å². The summed E-state index contributed by atoms with van der Waals surface area (Å²) in [5, 5.41) is 19.9. The van der Waals surface area contributed by atoms with Crippen molar-refractivity contribution in [2.45, 2.75) is 13.0 Å². The molecule has 0 atom stereocenters. The molecule has 90 valence electrons. The van der Waals surface area contributed by atoms with Gasteiger partial charge < -0.3 is 15.2 Å². The summed E-state index contributed by atoms with van der Waals surface area (Å²) >= 11 is 0. The molecule has 1 rings (SSSR count). The first-order valence-electron chi connectivity index (χ1n) is 5.23. The lowest BCUT2D eigenvalue weighted by atomic mass is 10.2. The van der Waals surface area contributed by atoms with E-state index < -0.39 is 0 Å². The summed E-state index contributed by atoms with van der Waals surface area (Å²) < 4.78 is 5.27. The number of ether oxygens (including phenoxy) is 1. The number of carbonyl (C=O) groups is 1. The van der Waals surface area contributed by atoms with Gasteiger partial charge in [-0.1, -0.05) is 18.2 Å². The van der Waals surface area contributed by atoms with Gasteiger partial charge >= 0.3 is 0 Å². The largest absolute Gasteiger partial charge is 0.483 e. The van der Waals surface area contributed by atoms with Gasteiger partial charge in [-0.25, -0.2) is 0 Å². The highest BCUT2D eigenvalue weighted by Gasteiger charge is 2.05. The Kier molecular flexibility index (Phi) is 5.55. The van der Waals surface area contributed by atoms with Gasteiger partial charge in [-0.05, 0) is 6.07 Å². The van der Waals surface area contributed by atoms with E-state index in [0.717, 1.165) is 0 Å². The first-order valence-corrected chi connectivity index (χ1v) is 5.23. The minimum atomic E-state index is -0.284. The first-order chi connectivity index (χ1) is 8.27. The standard InChI is InChI=1S/C12H14N2O3/c13-6-3-7-14-12(16)9-17-11-5-2-1-4-10(11)8-15/h1-2,4-5,15H,3,7-9H2,(H,14,16). The molecular weight excluding hydrogens is 220 g/mol. The molecule has 0 fully saturated rings. The lowest BCUT2D eigenvalue weighted by Crippen LogP contribution is -2.29. The summed E-state index contributed by atoms with van der Waals surface area (Å²) in [6.07, 6.45) is 0.277. The van der Waals surface area contributed by atoms with Gasteiger partial charge in [0.1, 0.15) is 5.75 Å². The molecule has 0 aliphatic carbocycles. The Bertz CT molecular complexity index is 412. The lowest BCUT2D eigenvalue weighted by Gasteiger charge is -2.09. The van der Waals surface area contributed by atoms with E-state index >= 15 is 0 Å². The molecule has 0 radical (unpaired) electrons. The number of amides is 1. The maximum Gasteiger partial charge on any atom is 0.257 e. The Labute approximate surface area is 99.6 Å². The lowest BCUT2D eigenvalue weighted by molar-refractivity contribution is -0.123. The Hall–Kier alpha value is -2.06. The average Bonchev–Trinajstić information content (AvgIpc) is 2.37. The van der Waals surface area contributed by atoms with Crippen LogP contribution >= 0.6 is 0 Å². The van der Waals surface area contributed by atoms with Gasteiger partial charge in [0.05, 0.1) is 19.1 Å². The molecule has 0 aliphatic rings. The molecule has 1 aromatic carbocycles. The van der Waals surface area contributed by atoms with Crippen LogP contribution in [0, 0.1) is 11.3 Å². The van der Waals surface area contributed by atoms with Crippen LogP contribution in [0.3, 0.4) is 0 Å². The fourth-order valence-electron chi connectivity index (χ4n) is 1.23. The number of nitrogens with one attached hydrogen (secondary N) is 1. The van der Waals surface area contributed by atoms with E-state index in [1.54, 1.807) is 24.3 Å². The molecule has 1 amide bonds. The fourth-order valence-corrected chi connectivity index (χ4v) is 1.23. The molecule has 0 unspecified atom stereocenters. The van der Waals surface area contributed by atoms with Gasteiger partial charge in [-0.3, -0.25) is 4.79 Å². The number of hydrogen-bond acceptors (Lipinski definition) is 4. The number of para-hydroxylation sites is 1. The van der Waals surface area contributed by atoms with E-state index in [0.29, 0.717) is 17.9 Å². The number of aliphatic hydroxyl groups excluding tert-OH is 1. The summed E-state index contributed by atoms with van der Waals surface area (Å²) in [4.78, 5) is 11.3. The van der Waals surface area contributed by atoms with Gasteiger partial charge in [0.15, 0.2) is 6.61 Å². The number of nitrogens with zero attached hydrogens (tertiary/aromatic N) is 1. The Morgan fingerprint density at radius 3 is 2.94 bits per heavy atom. The molecule has 5 heteroatoms. The molecule has 2 N–H and O–H groups in total. The number of aliphatic hydroxyl groups is 1. The van der Waals surface area contributed by atoms with Crippen LogP contribution in [0.25, 0.3) is 0 Å². The third-order valence-corrected chi connectivity index (χ3v) is 2.06. The molecule has 0 saturated carbocycles. The van der Waals surface area contributed by atoms with Crippen LogP contribution in [0.1, 0.15) is 12.0 Å². The molecule has 0 saturated heterocycles. The van der Waals surface area contributed by atoms with Gasteiger partial charge in [-0.15, -0.1) is 0 Å². The first kappa shape index (κ1) is 13.0. The zero-order valence-electron chi connectivity index (χ0n) is 9.35. The zero-order chi connectivity index (χ0) is 12.5. The third-order valence-electron chi connectivity index (χ3n) is 2.06. The number of nitriles is 1. The highest BCUT2D eigenvalue weighted by atomic mass is 16.5. The number of hydrogen-bond donors (Lipinski definition) is 2. The van der Waals surface area contributed by atoms with Crippen LogP contribution < -0.4 is 10.1 Å². The van der Waals surface area contributed by atoms with Crippen molar-refractivity contribution >= 4 is 5.91 Å². The fraction of sp³-hybridized carbons (Fsp3) is 0.333. The summed E-state index contributed by atoms with van der Waals surface area (Å²) in [5.74, 6) is 0.207. The van der Waals surface area contributed by atoms with Crippen molar-refractivity contribution in [1.82, 2.24) is 5.32 Å². The molecule has 17 heavy (non-hydrogen) atoms. The normalized spacial score (nSPS) is 9.41. The Morgan fingerprint density at radius 2 is 2.24 bits per heavy atom. The van der Waals surface area contributed by atoms with Crippen molar-refractivity contribution < 1.29 is 14.6 Å². The second-order valence-corrected chi connectivity index (χ2v) is 3.31. The van der Waals surface area contributed by atoms with E-state index in [2.05, 4.69) is 5.32 Å². The van der Waals surface area contributed by atoms with E-state index in [1.807, 2.05) is 6.07 Å². The van der Waals surface area contributed by atoms with Crippen LogP contribution in [-0.2, 0) is 11.4 Å². The number of rotatable bonds is 6. The quantitative estimate of drug-likeness (QED) is 0.706. The van der Waals surface area contributed by atoms with Crippen molar-refractivity contribution in [2.75, 3.05) is 13.2 Å². The molecule has 5 nitrogen and oxygen atoms in total. The second-order valence-electron chi connectivity index (χ2n) is 3.31. The molecule has 0 aromatic heterocycles. The maximum absolute atomic E-state index is 11.3. The molecule has 0 aliphatic heterocycles. The number of benzene rings is 1. The predicted octanol–water partition coefficient (Wildman–Crippen LogP) is 0.588. The van der Waals surface area contributed by atoms with Gasteiger partial charge in [-0.2, -0.15) is 5.26 Å². The van der Waals surface area contributed by atoms with Gasteiger partial charge in [0, 0.05) is 12.1 Å². The third kappa shape index (κ3) is 4.53. The second kappa shape index (κ2) is 7.25. The highest BCUT2D eigenvalue weighted by molar-refractivity contribution is 5.77. The van der Waals surface area contributed by atoms with Crippen LogP contribution in [0.4, 0.5) is 0 Å². The molecular formula is C12H14N2O3. The van der Waals surface area contributed by atoms with Crippen molar-refractivity contribution in [2.24, 2.45) is 0 Å². The van der Waals surface area contributed by atoms with Crippen molar-refractivity contribution in [3.63, 3.8) is 0 Å². The van der Waals surface area contributed by atoms with E-state index in [9.17, 15) is 4.79 Å². The smallest absolute Gasteiger partial charge is 0.257 e. The molecule has 0 bridgehead atoms. The minimum Gasteiger partial charge on any atom is -0.483 e. The zero-order valence-corrected chi connectivity index (χ0v) is 9.35. The van der Waals surface area contributed by atoms with Gasteiger partial charge in [0.2, 0.25) is 0 Å². The topological polar surface area (TPSA) is 82.4 Å². The SMILES string of the molecule is N#CCCNC(=O)COc1ccccc1CO. The monoisotopic (exact) mass is 234 g/mol. The summed E-state index contributed by atoms with van der Waals surface area (Å²) in [6.45, 7) is 0.0645. The maximum atomic E-state index is 11.3. The molecule has 0 spiro atoms. The van der Waals surface area contributed by atoms with Crippen LogP contribution in [-0.4, -0.2) is 24.2 Å². The van der Waals surface area contributed by atoms with Crippen LogP contribution in [0.15, 0.2) is 24.3 Å². The van der Waals surface area contributed by atoms with Crippen molar-refractivity contribution in [3.05, 3.63) is 29.8 Å². The summed E-state index contributed by atoms with van der Waals surface area (Å²) in [5.41, 5.74) is 0.636. The summed E-state index contributed by atoms with van der Waals surface area (Å²) in [7, 11) is 0. The van der Waals surface area contributed by atoms with Gasteiger partial charge in [0.25, 0.3) is 5.91 Å². The highest BCUT2D eigenvalue weighted by Crippen LogP contribution is 2.17. The van der Waals surface area contributed by atoms with E-state index in [4.69, 9.17) is 15.1 Å². The average molecular weight is 234 g/mol. The Morgan fingerprint density at radius 1 is 1.47 bits per heavy atom. The van der Waals surface area contributed by atoms with E-state index in [-0.39, 0.29) is 25.5 Å². The van der Waals surface area contributed by atoms with Crippen molar-refractivity contribution in [1.29, 1.82) is 5.26 Å².